The Balaban J connectivity index is 1.77. The molecule has 1 unspecified atom stereocenters. The highest BCUT2D eigenvalue weighted by molar-refractivity contribution is 7.92. The fourth-order valence-corrected chi connectivity index (χ4v) is 5.05. The first kappa shape index (κ1) is 24.0. The van der Waals surface area contributed by atoms with Crippen LogP contribution in [0, 0.1) is 11.3 Å². The average Bonchev–Trinajstić information content (AvgIpc) is 2.80. The quantitative estimate of drug-likeness (QED) is 0.619. The van der Waals surface area contributed by atoms with Gasteiger partial charge in [-0.15, -0.1) is 0 Å². The third kappa shape index (κ3) is 6.18. The van der Waals surface area contributed by atoms with Crippen molar-refractivity contribution in [1.82, 2.24) is 10.2 Å². The number of nitriles is 1. The van der Waals surface area contributed by atoms with Crippen molar-refractivity contribution in [2.24, 2.45) is 0 Å². The van der Waals surface area contributed by atoms with Crippen LogP contribution >= 0.6 is 0 Å². The first-order valence-electron chi connectivity index (χ1n) is 10.4. The fourth-order valence-electron chi connectivity index (χ4n) is 3.53. The third-order valence-electron chi connectivity index (χ3n) is 5.49. The van der Waals surface area contributed by atoms with Crippen molar-refractivity contribution < 1.29 is 32.2 Å². The molecule has 32 heavy (non-hydrogen) atoms. The molecule has 0 aromatic heterocycles. The molecule has 11 heteroatoms. The molecule has 2 fully saturated rings. The largest absolute Gasteiger partial charge is 0.447 e. The van der Waals surface area contributed by atoms with Gasteiger partial charge in [0.25, 0.3) is 0 Å². The van der Waals surface area contributed by atoms with Gasteiger partial charge in [-0.05, 0) is 5.56 Å². The number of amides is 2. The average molecular weight is 466 g/mol. The minimum absolute atomic E-state index is 0.244. The zero-order chi connectivity index (χ0) is 23.0. The van der Waals surface area contributed by atoms with Crippen LogP contribution in [0.5, 0.6) is 0 Å². The van der Waals surface area contributed by atoms with Gasteiger partial charge in [0.15, 0.2) is 15.1 Å². The van der Waals surface area contributed by atoms with Gasteiger partial charge in [-0.25, -0.2) is 13.2 Å². The second kappa shape index (κ2) is 10.8. The van der Waals surface area contributed by atoms with Crippen molar-refractivity contribution in [3.05, 3.63) is 35.9 Å². The predicted molar refractivity (Wildman–Crippen MR) is 113 cm³/mol. The number of sulfone groups is 1. The maximum absolute atomic E-state index is 13.2. The minimum Gasteiger partial charge on any atom is -0.447 e. The molecule has 1 N–H and O–H groups in total. The van der Waals surface area contributed by atoms with Crippen molar-refractivity contribution >= 4 is 21.8 Å². The molecule has 2 aliphatic heterocycles. The SMILES string of the molecule is N#CC1(NC(=O)C(COC(=O)N2CCOCC2)S(=O)(=O)Cc2ccccc2)CCOCC1. The number of carbonyl (C=O) groups is 2. The standard InChI is InChI=1S/C21H27N3O7S/c22-16-21(6-10-29-11-7-21)23-19(25)18(14-31-20(26)24-8-12-30-13-9-24)32(27,28)15-17-4-2-1-3-5-17/h1-5,18H,6-15H2,(H,23,25). The summed E-state index contributed by atoms with van der Waals surface area (Å²) in [5.74, 6) is -1.26. The van der Waals surface area contributed by atoms with E-state index in [1.807, 2.05) is 0 Å². The van der Waals surface area contributed by atoms with Crippen LogP contribution in [0.2, 0.25) is 0 Å². The molecule has 2 heterocycles. The number of carbonyl (C=O) groups excluding carboxylic acids is 2. The summed E-state index contributed by atoms with van der Waals surface area (Å²) in [7, 11) is -4.06. The van der Waals surface area contributed by atoms with E-state index in [4.69, 9.17) is 14.2 Å². The third-order valence-corrected chi connectivity index (χ3v) is 7.44. The summed E-state index contributed by atoms with van der Waals surface area (Å²) in [5.41, 5.74) is -0.713. The lowest BCUT2D eigenvalue weighted by molar-refractivity contribution is -0.123. The highest BCUT2D eigenvalue weighted by atomic mass is 32.2. The van der Waals surface area contributed by atoms with Gasteiger partial charge in [-0.3, -0.25) is 4.79 Å². The predicted octanol–water partition coefficient (Wildman–Crippen LogP) is 0.628. The monoisotopic (exact) mass is 465 g/mol. The van der Waals surface area contributed by atoms with Crippen LogP contribution in [-0.4, -0.2) is 82.2 Å². The summed E-state index contributed by atoms with van der Waals surface area (Å²) in [6, 6.07) is 10.5. The Labute approximate surface area is 187 Å². The first-order chi connectivity index (χ1) is 15.4. The number of hydrogen-bond donors (Lipinski definition) is 1. The molecule has 0 radical (unpaired) electrons. The van der Waals surface area contributed by atoms with Gasteiger partial charge in [0.1, 0.15) is 12.1 Å². The number of rotatable bonds is 7. The van der Waals surface area contributed by atoms with Crippen LogP contribution < -0.4 is 5.32 Å². The molecule has 2 amide bonds. The Morgan fingerprint density at radius 3 is 2.38 bits per heavy atom. The van der Waals surface area contributed by atoms with Crippen LogP contribution in [0.15, 0.2) is 30.3 Å². The Morgan fingerprint density at radius 2 is 1.75 bits per heavy atom. The molecule has 0 bridgehead atoms. The molecule has 10 nitrogen and oxygen atoms in total. The fraction of sp³-hybridized carbons (Fsp3) is 0.571. The molecule has 0 spiro atoms. The van der Waals surface area contributed by atoms with E-state index in [1.54, 1.807) is 30.3 Å². The van der Waals surface area contributed by atoms with Crippen LogP contribution in [-0.2, 0) is 34.6 Å². The van der Waals surface area contributed by atoms with Gasteiger partial charge < -0.3 is 24.4 Å². The molecule has 2 aliphatic rings. The second-order valence-corrected chi connectivity index (χ2v) is 9.94. The van der Waals surface area contributed by atoms with E-state index >= 15 is 0 Å². The molecular weight excluding hydrogens is 438 g/mol. The summed E-state index contributed by atoms with van der Waals surface area (Å²) in [6.07, 6.45) is -0.218. The summed E-state index contributed by atoms with van der Waals surface area (Å²) in [4.78, 5) is 26.9. The van der Waals surface area contributed by atoms with E-state index in [9.17, 15) is 23.3 Å². The van der Waals surface area contributed by atoms with Gasteiger partial charge in [-0.1, -0.05) is 30.3 Å². The lowest BCUT2D eigenvalue weighted by Crippen LogP contribution is -2.56. The smallest absolute Gasteiger partial charge is 0.409 e. The molecule has 1 aromatic rings. The number of hydrogen-bond acceptors (Lipinski definition) is 8. The summed E-state index contributed by atoms with van der Waals surface area (Å²) in [5, 5.41) is 10.6. The van der Waals surface area contributed by atoms with Gasteiger partial charge in [0.05, 0.1) is 25.0 Å². The van der Waals surface area contributed by atoms with E-state index in [1.165, 1.54) is 4.90 Å². The van der Waals surface area contributed by atoms with Crippen LogP contribution in [0.3, 0.4) is 0 Å². The zero-order valence-corrected chi connectivity index (χ0v) is 18.5. The Hall–Kier alpha value is -2.68. The highest BCUT2D eigenvalue weighted by Crippen LogP contribution is 2.21. The van der Waals surface area contributed by atoms with Gasteiger partial charge in [0.2, 0.25) is 5.91 Å². The van der Waals surface area contributed by atoms with E-state index in [2.05, 4.69) is 11.4 Å². The van der Waals surface area contributed by atoms with Crippen LogP contribution in [0.1, 0.15) is 18.4 Å². The lowest BCUT2D eigenvalue weighted by Gasteiger charge is -2.33. The van der Waals surface area contributed by atoms with Crippen molar-refractivity contribution in [3.63, 3.8) is 0 Å². The molecule has 174 valence electrons. The number of morpholine rings is 1. The van der Waals surface area contributed by atoms with Gasteiger partial charge in [0, 0.05) is 39.1 Å². The zero-order valence-electron chi connectivity index (χ0n) is 17.7. The lowest BCUT2D eigenvalue weighted by atomic mass is 9.91. The molecule has 2 saturated heterocycles. The van der Waals surface area contributed by atoms with E-state index in [-0.39, 0.29) is 26.1 Å². The van der Waals surface area contributed by atoms with Gasteiger partial charge >= 0.3 is 6.09 Å². The number of ether oxygens (including phenoxy) is 3. The van der Waals surface area contributed by atoms with Crippen molar-refractivity contribution in [3.8, 4) is 6.07 Å². The number of benzene rings is 1. The van der Waals surface area contributed by atoms with Crippen molar-refractivity contribution in [2.75, 3.05) is 46.1 Å². The Bertz CT molecular complexity index is 934. The topological polar surface area (TPSA) is 135 Å². The summed E-state index contributed by atoms with van der Waals surface area (Å²) in [6.45, 7) is 1.28. The maximum Gasteiger partial charge on any atom is 0.409 e. The maximum atomic E-state index is 13.2. The normalized spacial score (nSPS) is 19.4. The Kier molecular flexibility index (Phi) is 8.06. The first-order valence-corrected chi connectivity index (χ1v) is 12.1. The van der Waals surface area contributed by atoms with E-state index in [0.29, 0.717) is 31.9 Å². The van der Waals surface area contributed by atoms with E-state index < -0.39 is 45.0 Å². The summed E-state index contributed by atoms with van der Waals surface area (Å²) < 4.78 is 42.0. The number of nitrogens with one attached hydrogen (secondary N) is 1. The van der Waals surface area contributed by atoms with Crippen molar-refractivity contribution in [2.45, 2.75) is 29.4 Å². The van der Waals surface area contributed by atoms with Crippen LogP contribution in [0.4, 0.5) is 4.79 Å². The molecular formula is C21H27N3O7S. The van der Waals surface area contributed by atoms with E-state index in [0.717, 1.165) is 0 Å². The molecule has 0 saturated carbocycles. The van der Waals surface area contributed by atoms with Crippen LogP contribution in [0.25, 0.3) is 0 Å². The van der Waals surface area contributed by atoms with Gasteiger partial charge in [-0.2, -0.15) is 5.26 Å². The number of nitrogens with zero attached hydrogens (tertiary/aromatic N) is 2. The molecule has 1 atom stereocenters. The molecule has 3 rings (SSSR count). The summed E-state index contributed by atoms with van der Waals surface area (Å²) >= 11 is 0. The van der Waals surface area contributed by atoms with Crippen molar-refractivity contribution in [1.29, 1.82) is 5.26 Å². The molecule has 0 aliphatic carbocycles. The second-order valence-electron chi connectivity index (χ2n) is 7.75. The molecule has 1 aromatic carbocycles. The minimum atomic E-state index is -4.06. The Morgan fingerprint density at radius 1 is 1.12 bits per heavy atom. The highest BCUT2D eigenvalue weighted by Gasteiger charge is 2.41.